The Morgan fingerprint density at radius 3 is 2.48 bits per heavy atom. The van der Waals surface area contributed by atoms with Crippen molar-refractivity contribution < 1.29 is 22.7 Å². The van der Waals surface area contributed by atoms with Gasteiger partial charge >= 0.3 is 5.97 Å². The minimum Gasteiger partial charge on any atom is -0.426 e. The minimum atomic E-state index is -3.92. The van der Waals surface area contributed by atoms with Gasteiger partial charge in [-0.25, -0.2) is 8.42 Å². The van der Waals surface area contributed by atoms with Crippen LogP contribution in [0.5, 0.6) is 5.75 Å². The minimum absolute atomic E-state index is 0.0824. The fourth-order valence-corrected chi connectivity index (χ4v) is 3.13. The Hall–Kier alpha value is -2.51. The molecular weight excluding hydrogens is 342 g/mol. The Morgan fingerprint density at radius 2 is 1.80 bits per heavy atom. The van der Waals surface area contributed by atoms with Crippen LogP contribution in [-0.4, -0.2) is 26.7 Å². The summed E-state index contributed by atoms with van der Waals surface area (Å²) < 4.78 is 31.8. The molecule has 0 saturated heterocycles. The topological polar surface area (TPSA) is 89.5 Å². The average Bonchev–Trinajstić information content (AvgIpc) is 2.60. The molecule has 0 aromatic heterocycles. The van der Waals surface area contributed by atoms with E-state index in [1.807, 2.05) is 13.0 Å². The predicted octanol–water partition coefficient (Wildman–Crippen LogP) is 2.34. The van der Waals surface area contributed by atoms with Crippen molar-refractivity contribution in [3.05, 3.63) is 59.7 Å². The fraction of sp³-hybridized carbons (Fsp3) is 0.222. The van der Waals surface area contributed by atoms with Gasteiger partial charge in [-0.1, -0.05) is 31.2 Å². The van der Waals surface area contributed by atoms with Gasteiger partial charge in [0, 0.05) is 5.56 Å². The monoisotopic (exact) mass is 361 g/mol. The lowest BCUT2D eigenvalue weighted by Gasteiger charge is -2.08. The summed E-state index contributed by atoms with van der Waals surface area (Å²) in [7, 11) is -3.92. The van der Waals surface area contributed by atoms with Gasteiger partial charge in [-0.3, -0.25) is 9.59 Å². The number of sulfonamides is 1. The maximum atomic E-state index is 12.2. The first-order valence-electron chi connectivity index (χ1n) is 7.72. The van der Waals surface area contributed by atoms with Crippen LogP contribution in [0.4, 0.5) is 0 Å². The molecule has 0 unspecified atom stereocenters. The standard InChI is InChI=1S/C18H19NO5S/c1-3-14-6-4-8-16(10-14)24-18(21)12-19-25(22,23)17-9-5-7-15(11-17)13(2)20/h4-11,19H,3,12H2,1-2H3. The van der Waals surface area contributed by atoms with Crippen LogP contribution < -0.4 is 9.46 Å². The third-order valence-electron chi connectivity index (χ3n) is 3.50. The van der Waals surface area contributed by atoms with E-state index in [0.29, 0.717) is 5.75 Å². The van der Waals surface area contributed by atoms with Crippen LogP contribution in [0, 0.1) is 0 Å². The first kappa shape index (κ1) is 18.8. The number of ether oxygens (including phenoxy) is 1. The number of esters is 1. The van der Waals surface area contributed by atoms with Gasteiger partial charge < -0.3 is 4.74 Å². The number of benzene rings is 2. The molecule has 132 valence electrons. The van der Waals surface area contributed by atoms with Crippen LogP contribution in [-0.2, 0) is 21.2 Å². The van der Waals surface area contributed by atoms with Crippen molar-refractivity contribution in [3.63, 3.8) is 0 Å². The Labute approximate surface area is 146 Å². The molecule has 2 aromatic carbocycles. The highest BCUT2D eigenvalue weighted by Gasteiger charge is 2.17. The van der Waals surface area contributed by atoms with Crippen molar-refractivity contribution in [1.82, 2.24) is 4.72 Å². The summed E-state index contributed by atoms with van der Waals surface area (Å²) in [6.45, 7) is 2.81. The molecule has 1 N–H and O–H groups in total. The van der Waals surface area contributed by atoms with E-state index in [0.717, 1.165) is 12.0 Å². The largest absolute Gasteiger partial charge is 0.426 e. The van der Waals surface area contributed by atoms with Gasteiger partial charge in [0.05, 0.1) is 4.90 Å². The normalized spacial score (nSPS) is 11.1. The summed E-state index contributed by atoms with van der Waals surface area (Å²) in [5, 5.41) is 0. The van der Waals surface area contributed by atoms with E-state index < -0.39 is 22.5 Å². The molecule has 0 amide bonds. The number of carbonyl (C=O) groups excluding carboxylic acids is 2. The zero-order valence-electron chi connectivity index (χ0n) is 14.0. The zero-order valence-corrected chi connectivity index (χ0v) is 14.8. The van der Waals surface area contributed by atoms with E-state index in [2.05, 4.69) is 4.72 Å². The number of hydrogen-bond acceptors (Lipinski definition) is 5. The van der Waals surface area contributed by atoms with Gasteiger partial charge in [0.2, 0.25) is 10.0 Å². The second-order valence-electron chi connectivity index (χ2n) is 5.38. The summed E-state index contributed by atoms with van der Waals surface area (Å²) in [5.74, 6) is -0.603. The number of nitrogens with one attached hydrogen (secondary N) is 1. The van der Waals surface area contributed by atoms with E-state index in [1.54, 1.807) is 18.2 Å². The Bertz CT molecular complexity index is 890. The van der Waals surface area contributed by atoms with Crippen LogP contribution in [0.1, 0.15) is 29.8 Å². The molecule has 0 atom stereocenters. The summed E-state index contributed by atoms with van der Waals surface area (Å²) in [4.78, 5) is 23.1. The fourth-order valence-electron chi connectivity index (χ4n) is 2.12. The van der Waals surface area contributed by atoms with Crippen LogP contribution in [0.25, 0.3) is 0 Å². The zero-order chi connectivity index (χ0) is 18.4. The highest BCUT2D eigenvalue weighted by molar-refractivity contribution is 7.89. The predicted molar refractivity (Wildman–Crippen MR) is 93.1 cm³/mol. The molecule has 0 heterocycles. The molecule has 0 radical (unpaired) electrons. The molecule has 2 rings (SSSR count). The molecule has 0 fully saturated rings. The third kappa shape index (κ3) is 5.23. The quantitative estimate of drug-likeness (QED) is 0.464. The molecule has 0 saturated carbocycles. The van der Waals surface area contributed by atoms with Crippen LogP contribution in [0.15, 0.2) is 53.4 Å². The SMILES string of the molecule is CCc1cccc(OC(=O)CNS(=O)(=O)c2cccc(C(C)=O)c2)c1. The van der Waals surface area contributed by atoms with Gasteiger partial charge in [0.25, 0.3) is 0 Å². The number of carbonyl (C=O) groups is 2. The third-order valence-corrected chi connectivity index (χ3v) is 4.89. The van der Waals surface area contributed by atoms with Crippen molar-refractivity contribution >= 4 is 21.8 Å². The van der Waals surface area contributed by atoms with E-state index >= 15 is 0 Å². The molecule has 6 nitrogen and oxygen atoms in total. The molecule has 0 spiro atoms. The van der Waals surface area contributed by atoms with Gasteiger partial charge in [-0.2, -0.15) is 4.72 Å². The number of hydrogen-bond donors (Lipinski definition) is 1. The van der Waals surface area contributed by atoms with E-state index in [9.17, 15) is 18.0 Å². The molecule has 2 aromatic rings. The van der Waals surface area contributed by atoms with Crippen LogP contribution >= 0.6 is 0 Å². The van der Waals surface area contributed by atoms with E-state index in [1.165, 1.54) is 31.2 Å². The summed E-state index contributed by atoms with van der Waals surface area (Å²) in [5.41, 5.74) is 1.29. The molecule has 0 aliphatic rings. The highest BCUT2D eigenvalue weighted by Crippen LogP contribution is 2.14. The molecular formula is C18H19NO5S. The van der Waals surface area contributed by atoms with Gasteiger partial charge in [0.1, 0.15) is 12.3 Å². The van der Waals surface area contributed by atoms with Crippen LogP contribution in [0.2, 0.25) is 0 Å². The van der Waals surface area contributed by atoms with Gasteiger partial charge in [-0.05, 0) is 43.2 Å². The van der Waals surface area contributed by atoms with Gasteiger partial charge in [-0.15, -0.1) is 0 Å². The van der Waals surface area contributed by atoms with E-state index in [4.69, 9.17) is 4.74 Å². The van der Waals surface area contributed by atoms with Crippen molar-refractivity contribution in [1.29, 1.82) is 0 Å². The van der Waals surface area contributed by atoms with Crippen molar-refractivity contribution in [2.75, 3.05) is 6.54 Å². The second-order valence-corrected chi connectivity index (χ2v) is 7.15. The maximum Gasteiger partial charge on any atom is 0.326 e. The first-order valence-corrected chi connectivity index (χ1v) is 9.20. The summed E-state index contributed by atoms with van der Waals surface area (Å²) in [6, 6.07) is 12.6. The number of Topliss-reactive ketones (excluding diaryl/α,β-unsaturated/α-hetero) is 1. The molecule has 0 aliphatic heterocycles. The first-order chi connectivity index (χ1) is 11.8. The average molecular weight is 361 g/mol. The molecule has 25 heavy (non-hydrogen) atoms. The van der Waals surface area contributed by atoms with E-state index in [-0.39, 0.29) is 16.2 Å². The lowest BCUT2D eigenvalue weighted by Crippen LogP contribution is -2.32. The summed E-state index contributed by atoms with van der Waals surface area (Å²) in [6.07, 6.45) is 0.796. The number of aryl methyl sites for hydroxylation is 1. The molecule has 0 aliphatic carbocycles. The second kappa shape index (κ2) is 8.04. The lowest BCUT2D eigenvalue weighted by atomic mass is 10.2. The van der Waals surface area contributed by atoms with Crippen LogP contribution in [0.3, 0.4) is 0 Å². The number of rotatable bonds is 7. The van der Waals surface area contributed by atoms with Crippen molar-refractivity contribution in [2.45, 2.75) is 25.2 Å². The Morgan fingerprint density at radius 1 is 1.08 bits per heavy atom. The molecule has 7 heteroatoms. The Kier molecular flexibility index (Phi) is 6.06. The van der Waals surface area contributed by atoms with Crippen molar-refractivity contribution in [2.24, 2.45) is 0 Å². The number of ketones is 1. The highest BCUT2D eigenvalue weighted by atomic mass is 32.2. The Balaban J connectivity index is 2.02. The van der Waals surface area contributed by atoms with Crippen molar-refractivity contribution in [3.8, 4) is 5.75 Å². The maximum absolute atomic E-state index is 12.2. The summed E-state index contributed by atoms with van der Waals surface area (Å²) >= 11 is 0. The lowest BCUT2D eigenvalue weighted by molar-refractivity contribution is -0.133. The smallest absolute Gasteiger partial charge is 0.326 e. The van der Waals surface area contributed by atoms with Gasteiger partial charge in [0.15, 0.2) is 5.78 Å². The molecule has 0 bridgehead atoms.